The predicted molar refractivity (Wildman–Crippen MR) is 21.7 cm³/mol. The Balaban J connectivity index is -0.0000000106. The summed E-state index contributed by atoms with van der Waals surface area (Å²) in [4.78, 5) is 0. The first-order valence-electron chi connectivity index (χ1n) is 1.85. The maximum Gasteiger partial charge on any atom is 3.00 e. The molecule has 0 heterocycles. The van der Waals surface area contributed by atoms with Crippen LogP contribution in [-0.2, 0) is 17.4 Å². The summed E-state index contributed by atoms with van der Waals surface area (Å²) in [6, 6.07) is 0. The van der Waals surface area contributed by atoms with Gasteiger partial charge in [-0.2, -0.15) is 0 Å². The van der Waals surface area contributed by atoms with E-state index in [1.54, 1.807) is 0 Å². The molecule has 147 valence electrons. The second kappa shape index (κ2) is 26.6. The molecule has 0 aromatic heterocycles. The first-order chi connectivity index (χ1) is 6.00. The molecule has 0 aliphatic heterocycles. The van der Waals surface area contributed by atoms with E-state index in [4.69, 9.17) is 55.9 Å². The van der Waals surface area contributed by atoms with Gasteiger partial charge in [-0.1, -0.05) is 0 Å². The predicted octanol–water partition coefficient (Wildman–Crippen LogP) is -19.2. The van der Waals surface area contributed by atoms with Gasteiger partial charge < -0.3 is 32.9 Å². The van der Waals surface area contributed by atoms with Crippen LogP contribution in [0.1, 0.15) is 0 Å². The SMILES string of the molecule is O.O.O.O.O.O.[Cr+3].[O-][Cl+3]([O-])([O-])[O-].[O-][Cl+3]([O-])([O-])[O-].[O-][Cl+3]([O-])([O-])[O-]. The van der Waals surface area contributed by atoms with Crippen LogP contribution in [0.15, 0.2) is 0 Å². The minimum absolute atomic E-state index is 0. The smallest absolute Gasteiger partial charge is 0.412 e. The van der Waals surface area contributed by atoms with Crippen molar-refractivity contribution in [3.63, 3.8) is 0 Å². The average Bonchev–Trinajstić information content (AvgIpc) is 1.41. The molecular weight excluding hydrogens is 446 g/mol. The van der Waals surface area contributed by atoms with E-state index in [1.807, 2.05) is 0 Å². The number of rotatable bonds is 0. The Kier molecular flexibility index (Phi) is 80.1. The van der Waals surface area contributed by atoms with Crippen molar-refractivity contribution < 1.29 is 137 Å². The van der Waals surface area contributed by atoms with Crippen LogP contribution < -0.4 is 55.9 Å². The molecule has 22 heteroatoms. The zero-order valence-electron chi connectivity index (χ0n) is 9.44. The summed E-state index contributed by atoms with van der Waals surface area (Å²) in [6.07, 6.45) is 0. The topological polar surface area (TPSA) is 466 Å². The molecular formula is H12Cl3CrO18. The van der Waals surface area contributed by atoms with Crippen molar-refractivity contribution in [2.45, 2.75) is 0 Å². The molecule has 0 unspecified atom stereocenters. The molecule has 0 saturated heterocycles. The molecule has 0 rings (SSSR count). The van der Waals surface area contributed by atoms with E-state index in [1.165, 1.54) is 0 Å². The summed E-state index contributed by atoms with van der Waals surface area (Å²) >= 11 is 0. The van der Waals surface area contributed by atoms with Gasteiger partial charge in [0.15, 0.2) is 0 Å². The molecule has 0 aliphatic rings. The summed E-state index contributed by atoms with van der Waals surface area (Å²) in [7, 11) is -14.8. The zero-order valence-corrected chi connectivity index (χ0v) is 13.0. The maximum atomic E-state index is 8.49. The van der Waals surface area contributed by atoms with Crippen molar-refractivity contribution in [3.05, 3.63) is 0 Å². The van der Waals surface area contributed by atoms with Gasteiger partial charge in [-0.3, -0.25) is 0 Å². The molecule has 1 radical (unpaired) electrons. The van der Waals surface area contributed by atoms with Gasteiger partial charge in [0.1, 0.15) is 0 Å². The second-order valence-electron chi connectivity index (χ2n) is 1.13. The van der Waals surface area contributed by atoms with E-state index >= 15 is 0 Å². The first-order valence-corrected chi connectivity index (χ1v) is 5.55. The Bertz CT molecular complexity index is 93.4. The Morgan fingerprint density at radius 3 is 0.273 bits per heavy atom. The van der Waals surface area contributed by atoms with Gasteiger partial charge in [0.05, 0.1) is 0 Å². The summed E-state index contributed by atoms with van der Waals surface area (Å²) in [5.41, 5.74) is 0. The van der Waals surface area contributed by atoms with Gasteiger partial charge in [0.2, 0.25) is 0 Å². The number of hydrogen-bond acceptors (Lipinski definition) is 12. The molecule has 0 fully saturated rings. The van der Waals surface area contributed by atoms with Crippen molar-refractivity contribution >= 4 is 0 Å². The van der Waals surface area contributed by atoms with Crippen LogP contribution in [0.25, 0.3) is 0 Å². The molecule has 0 amide bonds. The minimum atomic E-state index is -4.94. The monoisotopic (exact) mass is 457 g/mol. The maximum absolute atomic E-state index is 8.49. The quantitative estimate of drug-likeness (QED) is 0.326. The molecule has 0 spiro atoms. The van der Waals surface area contributed by atoms with Crippen LogP contribution in [-0.4, -0.2) is 32.9 Å². The Labute approximate surface area is 137 Å². The summed E-state index contributed by atoms with van der Waals surface area (Å²) in [5, 5.41) is 0. The Morgan fingerprint density at radius 2 is 0.273 bits per heavy atom. The summed E-state index contributed by atoms with van der Waals surface area (Å²) in [6.45, 7) is 0. The molecule has 22 heavy (non-hydrogen) atoms. The summed E-state index contributed by atoms with van der Waals surface area (Å²) < 4.78 is 102. The first kappa shape index (κ1) is 66.3. The van der Waals surface area contributed by atoms with Crippen molar-refractivity contribution in [3.8, 4) is 0 Å². The standard InChI is InChI=1S/3ClHO4.Cr.6H2O/c3*2-1(3,4)5;;;;;;;/h3*(H,2,3,4,5);;6*1H2/q;;;+3;;;;;;/p-3. The van der Waals surface area contributed by atoms with Crippen LogP contribution in [0.2, 0.25) is 0 Å². The van der Waals surface area contributed by atoms with Gasteiger partial charge in [0.25, 0.3) is 0 Å². The van der Waals surface area contributed by atoms with Crippen LogP contribution in [0.5, 0.6) is 0 Å². The van der Waals surface area contributed by atoms with Crippen molar-refractivity contribution in [2.24, 2.45) is 0 Å². The third kappa shape index (κ3) is 17200. The summed E-state index contributed by atoms with van der Waals surface area (Å²) in [5.74, 6) is 0. The van der Waals surface area contributed by atoms with E-state index in [9.17, 15) is 0 Å². The third-order valence-corrected chi connectivity index (χ3v) is 0. The third-order valence-electron chi connectivity index (χ3n) is 0. The van der Waals surface area contributed by atoms with Gasteiger partial charge in [-0.05, 0) is 0 Å². The van der Waals surface area contributed by atoms with E-state index < -0.39 is 30.7 Å². The fraction of sp³-hybridized carbons (Fsp3) is 0. The molecule has 18 nitrogen and oxygen atoms in total. The van der Waals surface area contributed by atoms with E-state index in [0.717, 1.165) is 0 Å². The molecule has 0 bridgehead atoms. The Morgan fingerprint density at radius 1 is 0.273 bits per heavy atom. The Hall–Kier alpha value is 0.682. The molecule has 0 saturated carbocycles. The molecule has 0 aliphatic carbocycles. The van der Waals surface area contributed by atoms with Gasteiger partial charge in [0, 0.05) is 0 Å². The fourth-order valence-corrected chi connectivity index (χ4v) is 0. The van der Waals surface area contributed by atoms with Gasteiger partial charge in [-0.15, -0.1) is 30.7 Å². The van der Waals surface area contributed by atoms with Gasteiger partial charge >= 0.3 is 17.4 Å². The zero-order chi connectivity index (χ0) is 13.5. The second-order valence-corrected chi connectivity index (χ2v) is 3.40. The van der Waals surface area contributed by atoms with Crippen LogP contribution in [0, 0.1) is 30.7 Å². The van der Waals surface area contributed by atoms with E-state index in [2.05, 4.69) is 0 Å². The van der Waals surface area contributed by atoms with E-state index in [0.29, 0.717) is 0 Å². The van der Waals surface area contributed by atoms with Crippen LogP contribution in [0.4, 0.5) is 0 Å². The fourth-order valence-electron chi connectivity index (χ4n) is 0. The van der Waals surface area contributed by atoms with Crippen molar-refractivity contribution in [1.82, 2.24) is 0 Å². The van der Waals surface area contributed by atoms with Crippen molar-refractivity contribution in [2.75, 3.05) is 0 Å². The molecule has 0 atom stereocenters. The average molecular weight is 458 g/mol. The normalized spacial score (nSPS) is 8.18. The van der Waals surface area contributed by atoms with Crippen molar-refractivity contribution in [1.29, 1.82) is 0 Å². The number of halogens is 3. The van der Waals surface area contributed by atoms with Crippen LogP contribution in [0.3, 0.4) is 0 Å². The van der Waals surface area contributed by atoms with E-state index in [-0.39, 0.29) is 50.2 Å². The van der Waals surface area contributed by atoms with Crippen LogP contribution >= 0.6 is 0 Å². The van der Waals surface area contributed by atoms with Gasteiger partial charge in [-0.25, -0.2) is 55.9 Å². The molecule has 0 aromatic rings. The molecule has 0 aromatic carbocycles. The molecule has 12 N–H and O–H groups in total. The largest absolute Gasteiger partial charge is 3.00 e. The minimum Gasteiger partial charge on any atom is -0.412 e. The number of hydrogen-bond donors (Lipinski definition) is 0.